The van der Waals surface area contributed by atoms with Gasteiger partial charge in [0.2, 0.25) is 0 Å². The van der Waals surface area contributed by atoms with Crippen molar-refractivity contribution in [3.63, 3.8) is 0 Å². The molecule has 8 nitrogen and oxygen atoms in total. The summed E-state index contributed by atoms with van der Waals surface area (Å²) in [5.41, 5.74) is 2.14. The van der Waals surface area contributed by atoms with Gasteiger partial charge >= 0.3 is 0 Å². The lowest BCUT2D eigenvalue weighted by Crippen LogP contribution is -2.48. The molecule has 202 valence electrons. The minimum absolute atomic E-state index is 0. The van der Waals surface area contributed by atoms with E-state index in [9.17, 15) is 9.90 Å². The van der Waals surface area contributed by atoms with Crippen molar-refractivity contribution in [1.29, 1.82) is 0 Å². The average molecular weight is 566 g/mol. The number of hydrogen-bond donors (Lipinski definition) is 3. The fourth-order valence-electron chi connectivity index (χ4n) is 4.79. The molecule has 1 saturated carbocycles. The van der Waals surface area contributed by atoms with Gasteiger partial charge in [-0.05, 0) is 55.3 Å². The van der Waals surface area contributed by atoms with E-state index < -0.39 is 5.54 Å². The van der Waals surface area contributed by atoms with E-state index in [-0.39, 0.29) is 24.9 Å². The van der Waals surface area contributed by atoms with Crippen LogP contribution in [0.2, 0.25) is 5.02 Å². The number of aliphatic hydroxyl groups is 1. The summed E-state index contributed by atoms with van der Waals surface area (Å²) < 4.78 is 7.91. The van der Waals surface area contributed by atoms with Crippen molar-refractivity contribution in [3.05, 3.63) is 71.6 Å². The predicted octanol–water partition coefficient (Wildman–Crippen LogP) is 6.10. The van der Waals surface area contributed by atoms with E-state index in [1.165, 1.54) is 6.33 Å². The smallest absolute Gasteiger partial charge is 0.252 e. The van der Waals surface area contributed by atoms with Gasteiger partial charge in [0.15, 0.2) is 5.82 Å². The molecule has 0 radical (unpaired) electrons. The third kappa shape index (κ3) is 6.28. The van der Waals surface area contributed by atoms with Crippen LogP contribution in [0.4, 0.5) is 11.5 Å². The maximum Gasteiger partial charge on any atom is 0.252 e. The second kappa shape index (κ2) is 12.4. The fraction of sp³-hybridized carbons (Fsp3) is 0.276. The molecule has 0 saturated heterocycles. The van der Waals surface area contributed by atoms with E-state index in [4.69, 9.17) is 22.8 Å². The molecule has 0 atom stereocenters. The number of amides is 1. The van der Waals surface area contributed by atoms with Crippen LogP contribution in [0.15, 0.2) is 61.1 Å². The number of rotatable bonds is 8. The Kier molecular flexibility index (Phi) is 8.97. The van der Waals surface area contributed by atoms with Crippen LogP contribution in [-0.4, -0.2) is 37.7 Å². The lowest BCUT2D eigenvalue weighted by Gasteiger charge is -2.33. The number of halogens is 2. The molecule has 4 aromatic rings. The Balaban J connectivity index is 0.00000353. The van der Waals surface area contributed by atoms with Gasteiger partial charge in [-0.25, -0.2) is 9.97 Å². The third-order valence-electron chi connectivity index (χ3n) is 6.75. The van der Waals surface area contributed by atoms with Crippen molar-refractivity contribution < 1.29 is 14.6 Å². The second-order valence-electron chi connectivity index (χ2n) is 9.33. The molecular formula is C29H29Cl2N5O3. The molecule has 0 aliphatic heterocycles. The quantitative estimate of drug-likeness (QED) is 0.223. The van der Waals surface area contributed by atoms with Gasteiger partial charge in [0.1, 0.15) is 28.9 Å². The van der Waals surface area contributed by atoms with E-state index in [1.807, 2.05) is 22.9 Å². The van der Waals surface area contributed by atoms with E-state index in [1.54, 1.807) is 36.4 Å². The topological polar surface area (TPSA) is 101 Å². The molecule has 0 unspecified atom stereocenters. The van der Waals surface area contributed by atoms with E-state index in [0.717, 1.165) is 43.1 Å². The number of hydrogen-bond acceptors (Lipinski definition) is 6. The van der Waals surface area contributed by atoms with E-state index in [0.29, 0.717) is 40.1 Å². The van der Waals surface area contributed by atoms with Crippen LogP contribution in [-0.2, 0) is 6.54 Å². The first kappa shape index (κ1) is 28.2. The highest BCUT2D eigenvalue weighted by molar-refractivity contribution is 6.32. The number of anilines is 2. The molecule has 0 bridgehead atoms. The van der Waals surface area contributed by atoms with Gasteiger partial charge in [-0.1, -0.05) is 42.9 Å². The van der Waals surface area contributed by atoms with Crippen molar-refractivity contribution >= 4 is 52.5 Å². The molecule has 39 heavy (non-hydrogen) atoms. The number of carbonyl (C=O) groups is 1. The minimum atomic E-state index is -0.590. The summed E-state index contributed by atoms with van der Waals surface area (Å²) in [6.45, 7) is 0.434. The van der Waals surface area contributed by atoms with Crippen LogP contribution in [0.5, 0.6) is 11.5 Å². The van der Waals surface area contributed by atoms with Gasteiger partial charge in [0, 0.05) is 24.0 Å². The van der Waals surface area contributed by atoms with Gasteiger partial charge in [-0.2, -0.15) is 0 Å². The fourth-order valence-corrected chi connectivity index (χ4v) is 5.01. The molecule has 2 aromatic heterocycles. The SMILES string of the molecule is C#CC1(NC(=O)c2cccc(Oc3ccc(Nc4ncnc5ccn(CCO)c45)cc3Cl)c2)CCCCC1.Cl. The zero-order chi connectivity index (χ0) is 26.5. The molecule has 2 aromatic carbocycles. The summed E-state index contributed by atoms with van der Waals surface area (Å²) in [7, 11) is 0. The number of nitrogens with one attached hydrogen (secondary N) is 2. The molecule has 5 rings (SSSR count). The summed E-state index contributed by atoms with van der Waals surface area (Å²) in [5.74, 6) is 4.12. The first-order chi connectivity index (χ1) is 18.5. The van der Waals surface area contributed by atoms with Crippen LogP contribution in [0.25, 0.3) is 11.0 Å². The molecule has 1 amide bonds. The Morgan fingerprint density at radius 3 is 2.72 bits per heavy atom. The van der Waals surface area contributed by atoms with E-state index in [2.05, 4.69) is 26.5 Å². The molecule has 1 aliphatic carbocycles. The summed E-state index contributed by atoms with van der Waals surface area (Å²) >= 11 is 6.55. The Labute approximate surface area is 238 Å². The van der Waals surface area contributed by atoms with Gasteiger partial charge in [0.05, 0.1) is 17.1 Å². The summed E-state index contributed by atoms with van der Waals surface area (Å²) in [6, 6.07) is 14.1. The van der Waals surface area contributed by atoms with Crippen molar-refractivity contribution in [1.82, 2.24) is 19.9 Å². The van der Waals surface area contributed by atoms with Crippen molar-refractivity contribution in [2.45, 2.75) is 44.2 Å². The number of terminal acetylenes is 1. The van der Waals surface area contributed by atoms with Crippen LogP contribution >= 0.6 is 24.0 Å². The van der Waals surface area contributed by atoms with Crippen LogP contribution in [0.1, 0.15) is 42.5 Å². The van der Waals surface area contributed by atoms with Crippen LogP contribution < -0.4 is 15.4 Å². The largest absolute Gasteiger partial charge is 0.456 e. The van der Waals surface area contributed by atoms with Gasteiger partial charge in [-0.15, -0.1) is 18.8 Å². The molecule has 2 heterocycles. The molecular weight excluding hydrogens is 537 g/mol. The first-order valence-corrected chi connectivity index (χ1v) is 12.9. The average Bonchev–Trinajstić information content (AvgIpc) is 3.35. The van der Waals surface area contributed by atoms with Crippen LogP contribution in [0.3, 0.4) is 0 Å². The lowest BCUT2D eigenvalue weighted by molar-refractivity contribution is 0.0903. The number of aliphatic hydroxyl groups excluding tert-OH is 1. The number of fused-ring (bicyclic) bond motifs is 1. The molecule has 1 aliphatic rings. The normalized spacial score (nSPS) is 14.2. The molecule has 10 heteroatoms. The van der Waals surface area contributed by atoms with Gasteiger partial charge in [-0.3, -0.25) is 4.79 Å². The first-order valence-electron chi connectivity index (χ1n) is 12.6. The molecule has 1 fully saturated rings. The van der Waals surface area contributed by atoms with Gasteiger partial charge in [0.25, 0.3) is 5.91 Å². The van der Waals surface area contributed by atoms with Crippen molar-refractivity contribution in [2.24, 2.45) is 0 Å². The number of nitrogens with zero attached hydrogens (tertiary/aromatic N) is 3. The highest BCUT2D eigenvalue weighted by Crippen LogP contribution is 2.34. The Morgan fingerprint density at radius 1 is 1.15 bits per heavy atom. The monoisotopic (exact) mass is 565 g/mol. The van der Waals surface area contributed by atoms with Crippen LogP contribution in [0, 0.1) is 12.3 Å². The standard InChI is InChI=1S/C29H28ClN5O3.ClH/c1-2-29(12-4-3-5-13-29)34-28(37)20-7-6-8-22(17-20)38-25-10-9-21(18-23(25)30)33-27-26-24(31-19-32-27)11-14-35(26)15-16-36;/h1,6-11,14,17-19,36H,3-5,12-13,15-16H2,(H,34,37)(H,31,32,33);1H. The molecule has 0 spiro atoms. The number of aromatic nitrogens is 3. The molecule has 3 N–H and O–H groups in total. The highest BCUT2D eigenvalue weighted by atomic mass is 35.5. The van der Waals surface area contributed by atoms with E-state index >= 15 is 0 Å². The minimum Gasteiger partial charge on any atom is -0.456 e. The maximum absolute atomic E-state index is 13.0. The van der Waals surface area contributed by atoms with Crippen molar-refractivity contribution in [3.8, 4) is 23.8 Å². The maximum atomic E-state index is 13.0. The highest BCUT2D eigenvalue weighted by Gasteiger charge is 2.31. The Bertz CT molecular complexity index is 1510. The zero-order valence-electron chi connectivity index (χ0n) is 21.2. The third-order valence-corrected chi connectivity index (χ3v) is 7.04. The summed E-state index contributed by atoms with van der Waals surface area (Å²) in [5, 5.41) is 16.1. The summed E-state index contributed by atoms with van der Waals surface area (Å²) in [4.78, 5) is 21.6. The predicted molar refractivity (Wildman–Crippen MR) is 155 cm³/mol. The number of ether oxygens (including phenoxy) is 1. The van der Waals surface area contributed by atoms with Gasteiger partial charge < -0.3 is 25.0 Å². The Morgan fingerprint density at radius 2 is 1.97 bits per heavy atom. The number of benzene rings is 2. The number of carbonyl (C=O) groups excluding carboxylic acids is 1. The summed E-state index contributed by atoms with van der Waals surface area (Å²) in [6.07, 6.45) is 13.9. The Hall–Kier alpha value is -3.77. The zero-order valence-corrected chi connectivity index (χ0v) is 22.8. The second-order valence-corrected chi connectivity index (χ2v) is 9.74. The lowest BCUT2D eigenvalue weighted by atomic mass is 9.82. The van der Waals surface area contributed by atoms with Crippen molar-refractivity contribution in [2.75, 3.05) is 11.9 Å².